The third kappa shape index (κ3) is 3.40. The lowest BCUT2D eigenvalue weighted by Gasteiger charge is -2.10. The molecule has 1 heterocycles. The molecule has 1 fully saturated rings. The Morgan fingerprint density at radius 1 is 1.53 bits per heavy atom. The lowest BCUT2D eigenvalue weighted by molar-refractivity contribution is -0.108. The van der Waals surface area contributed by atoms with Gasteiger partial charge in [-0.15, -0.1) is 23.5 Å². The van der Waals surface area contributed by atoms with E-state index in [1.807, 2.05) is 12.1 Å². The van der Waals surface area contributed by atoms with Gasteiger partial charge < -0.3 is 5.32 Å². The third-order valence-corrected chi connectivity index (χ3v) is 5.95. The van der Waals surface area contributed by atoms with Crippen molar-refractivity contribution < 1.29 is 4.79 Å². The molecule has 0 saturated carbocycles. The number of benzene rings is 1. The molecule has 1 unspecified atom stereocenters. The average Bonchev–Trinajstić information content (AvgIpc) is 2.85. The van der Waals surface area contributed by atoms with Gasteiger partial charge in [-0.05, 0) is 17.7 Å². The summed E-state index contributed by atoms with van der Waals surface area (Å²) >= 11 is 15.1. The fourth-order valence-electron chi connectivity index (χ4n) is 1.59. The Morgan fingerprint density at radius 2 is 2.32 bits per heavy atom. The lowest BCUT2D eigenvalue weighted by Crippen LogP contribution is -2.09. The van der Waals surface area contributed by atoms with Gasteiger partial charge in [-0.1, -0.05) is 29.3 Å². The van der Waals surface area contributed by atoms with E-state index < -0.39 is 0 Å². The van der Waals surface area contributed by atoms with Crippen molar-refractivity contribution in [3.8, 4) is 6.07 Å². The Morgan fingerprint density at radius 3 is 2.95 bits per heavy atom. The number of carbonyl (C=O) groups is 1. The number of rotatable bonds is 3. The first-order valence-electron chi connectivity index (χ1n) is 5.24. The van der Waals surface area contributed by atoms with Gasteiger partial charge in [0.05, 0.1) is 4.24 Å². The second-order valence-electron chi connectivity index (χ2n) is 3.62. The molecule has 0 spiro atoms. The summed E-state index contributed by atoms with van der Waals surface area (Å²) in [4.78, 5) is 10.4. The smallest absolute Gasteiger partial charge is 0.212 e. The first-order valence-corrected chi connectivity index (χ1v) is 7.86. The van der Waals surface area contributed by atoms with Crippen LogP contribution < -0.4 is 5.32 Å². The Bertz CT molecular complexity index is 584. The van der Waals surface area contributed by atoms with Crippen molar-refractivity contribution in [1.82, 2.24) is 5.32 Å². The summed E-state index contributed by atoms with van der Waals surface area (Å²) in [7, 11) is 0. The van der Waals surface area contributed by atoms with Crippen molar-refractivity contribution >= 4 is 53.1 Å². The number of nitriles is 1. The highest BCUT2D eigenvalue weighted by Gasteiger charge is 2.27. The lowest BCUT2D eigenvalue weighted by atomic mass is 10.2. The summed E-state index contributed by atoms with van der Waals surface area (Å²) in [6, 6.07) is 7.38. The van der Waals surface area contributed by atoms with Crippen LogP contribution in [0.1, 0.15) is 10.8 Å². The van der Waals surface area contributed by atoms with Gasteiger partial charge in [0.15, 0.2) is 0 Å². The van der Waals surface area contributed by atoms with Gasteiger partial charge in [-0.2, -0.15) is 5.26 Å². The number of amides is 1. The van der Waals surface area contributed by atoms with Gasteiger partial charge in [0, 0.05) is 21.0 Å². The number of allylic oxidation sites excluding steroid dienone is 1. The number of thioether (sulfide) groups is 2. The predicted molar refractivity (Wildman–Crippen MR) is 81.1 cm³/mol. The first-order chi connectivity index (χ1) is 9.15. The zero-order chi connectivity index (χ0) is 13.8. The average molecular weight is 331 g/mol. The van der Waals surface area contributed by atoms with E-state index in [0.29, 0.717) is 16.5 Å². The molecule has 0 bridgehead atoms. The molecule has 1 aliphatic heterocycles. The Hall–Kier alpha value is -0.800. The molecule has 3 nitrogen and oxygen atoms in total. The van der Waals surface area contributed by atoms with E-state index in [2.05, 4.69) is 5.32 Å². The van der Waals surface area contributed by atoms with Gasteiger partial charge in [-0.25, -0.2) is 0 Å². The van der Waals surface area contributed by atoms with Crippen LogP contribution in [0.2, 0.25) is 10.0 Å². The Labute approximate surface area is 129 Å². The molecular weight excluding hydrogens is 323 g/mol. The van der Waals surface area contributed by atoms with E-state index in [1.165, 1.54) is 23.5 Å². The summed E-state index contributed by atoms with van der Waals surface area (Å²) in [5.41, 5.74) is 1.28. The number of halogens is 2. The minimum Gasteiger partial charge on any atom is -0.319 e. The largest absolute Gasteiger partial charge is 0.319 e. The van der Waals surface area contributed by atoms with Gasteiger partial charge >= 0.3 is 0 Å². The molecule has 1 aromatic rings. The van der Waals surface area contributed by atoms with E-state index in [-0.39, 0.29) is 10.9 Å². The van der Waals surface area contributed by atoms with Crippen LogP contribution in [0.4, 0.5) is 0 Å². The van der Waals surface area contributed by atoms with Crippen molar-refractivity contribution in [1.29, 1.82) is 5.26 Å². The van der Waals surface area contributed by atoms with Gasteiger partial charge in [0.25, 0.3) is 0 Å². The van der Waals surface area contributed by atoms with Crippen molar-refractivity contribution in [3.63, 3.8) is 0 Å². The molecule has 1 amide bonds. The topological polar surface area (TPSA) is 52.9 Å². The fraction of sp³-hybridized carbons (Fsp3) is 0.167. The zero-order valence-electron chi connectivity index (χ0n) is 9.52. The first kappa shape index (κ1) is 14.6. The van der Waals surface area contributed by atoms with Gasteiger partial charge in [-0.3, -0.25) is 4.79 Å². The van der Waals surface area contributed by atoms with Crippen LogP contribution in [-0.4, -0.2) is 12.2 Å². The normalized spacial score (nSPS) is 20.8. The van der Waals surface area contributed by atoms with Gasteiger partial charge in [0.1, 0.15) is 11.8 Å². The maximum absolute atomic E-state index is 10.4. The monoisotopic (exact) mass is 330 g/mol. The molecule has 1 N–H and O–H groups in total. The minimum absolute atomic E-state index is 0.154. The number of hydrogen-bond acceptors (Lipinski definition) is 4. The van der Waals surface area contributed by atoms with E-state index >= 15 is 0 Å². The standard InChI is InChI=1S/C12H8Cl2N2OS2/c13-7-1-2-8(9(14)3-7)11-5-18-12(19-11)10(4-15)16-6-17/h1-3,6,11H,5H2,(H,16,17)/b12-10-. The van der Waals surface area contributed by atoms with E-state index in [4.69, 9.17) is 28.5 Å². The molecule has 2 rings (SSSR count). The number of nitrogens with zero attached hydrogens (tertiary/aromatic N) is 1. The van der Waals surface area contributed by atoms with Crippen molar-refractivity contribution in [2.75, 3.05) is 5.75 Å². The molecule has 19 heavy (non-hydrogen) atoms. The molecule has 1 aliphatic rings. The molecule has 1 aromatic carbocycles. The fourth-order valence-corrected chi connectivity index (χ4v) is 5.04. The molecule has 98 valence electrons. The highest BCUT2D eigenvalue weighted by Crippen LogP contribution is 2.52. The quantitative estimate of drug-likeness (QED) is 0.673. The zero-order valence-corrected chi connectivity index (χ0v) is 12.7. The predicted octanol–water partition coefficient (Wildman–Crippen LogP) is 3.95. The second-order valence-corrected chi connectivity index (χ2v) is 6.97. The molecule has 1 saturated heterocycles. The number of nitrogens with one attached hydrogen (secondary N) is 1. The van der Waals surface area contributed by atoms with Crippen LogP contribution >= 0.6 is 46.7 Å². The molecule has 0 radical (unpaired) electrons. The van der Waals surface area contributed by atoms with Gasteiger partial charge in [0.2, 0.25) is 6.41 Å². The van der Waals surface area contributed by atoms with E-state index in [0.717, 1.165) is 15.6 Å². The van der Waals surface area contributed by atoms with Crippen LogP contribution in [-0.2, 0) is 4.79 Å². The molecule has 0 aliphatic carbocycles. The van der Waals surface area contributed by atoms with E-state index in [9.17, 15) is 4.79 Å². The third-order valence-electron chi connectivity index (χ3n) is 2.44. The van der Waals surface area contributed by atoms with Crippen LogP contribution in [0.3, 0.4) is 0 Å². The summed E-state index contributed by atoms with van der Waals surface area (Å²) < 4.78 is 0.811. The van der Waals surface area contributed by atoms with E-state index in [1.54, 1.807) is 12.1 Å². The summed E-state index contributed by atoms with van der Waals surface area (Å²) in [6.45, 7) is 0. The maximum atomic E-state index is 10.4. The molecular formula is C12H8Cl2N2OS2. The van der Waals surface area contributed by atoms with Crippen molar-refractivity contribution in [3.05, 3.63) is 43.7 Å². The molecule has 0 aromatic heterocycles. The molecule has 7 heteroatoms. The highest BCUT2D eigenvalue weighted by molar-refractivity contribution is 8.25. The maximum Gasteiger partial charge on any atom is 0.212 e. The Kier molecular flexibility index (Phi) is 5.06. The SMILES string of the molecule is N#C/C(NC=O)=C1\SCC(c2ccc(Cl)cc2Cl)S1. The number of hydrogen-bond donors (Lipinski definition) is 1. The summed E-state index contributed by atoms with van der Waals surface area (Å²) in [5, 5.41) is 12.7. The molecule has 1 atom stereocenters. The minimum atomic E-state index is 0.154. The van der Waals surface area contributed by atoms with Crippen molar-refractivity contribution in [2.45, 2.75) is 5.25 Å². The van der Waals surface area contributed by atoms with Crippen LogP contribution in [0, 0.1) is 11.3 Å². The highest BCUT2D eigenvalue weighted by atomic mass is 35.5. The van der Waals surface area contributed by atoms with Crippen LogP contribution in [0.25, 0.3) is 0 Å². The number of carbonyl (C=O) groups excluding carboxylic acids is 1. The summed E-state index contributed by atoms with van der Waals surface area (Å²) in [5.74, 6) is 0.799. The Balaban J connectivity index is 2.23. The summed E-state index contributed by atoms with van der Waals surface area (Å²) in [6.07, 6.45) is 0.509. The van der Waals surface area contributed by atoms with Crippen LogP contribution in [0.15, 0.2) is 28.1 Å². The van der Waals surface area contributed by atoms with Crippen LogP contribution in [0.5, 0.6) is 0 Å². The van der Waals surface area contributed by atoms with Crippen molar-refractivity contribution in [2.24, 2.45) is 0 Å². The second kappa shape index (κ2) is 6.58.